The molecule has 0 aliphatic rings. The van der Waals surface area contributed by atoms with E-state index >= 15 is 0 Å². The Morgan fingerprint density at radius 3 is 2.16 bits per heavy atom. The molecule has 0 aliphatic carbocycles. The van der Waals surface area contributed by atoms with Gasteiger partial charge in [0, 0.05) is 30.6 Å². The maximum atomic E-state index is 12.2. The molecule has 2 atom stereocenters. The van der Waals surface area contributed by atoms with Crippen molar-refractivity contribution in [2.24, 2.45) is 5.41 Å². The first-order valence-electron chi connectivity index (χ1n) is 10.0. The molecule has 0 saturated heterocycles. The van der Waals surface area contributed by atoms with Crippen LogP contribution in [-0.4, -0.2) is 52.6 Å². The average Bonchev–Trinajstić information content (AvgIpc) is 2.67. The lowest BCUT2D eigenvalue weighted by Crippen LogP contribution is -2.51. The van der Waals surface area contributed by atoms with E-state index in [0.29, 0.717) is 25.1 Å². The van der Waals surface area contributed by atoms with Gasteiger partial charge >= 0.3 is 0 Å². The molecular weight excluding hydrogens is 404 g/mol. The molecule has 1 aromatic rings. The normalized spacial score (nSPS) is 13.0. The molecule has 6 N–H and O–H groups in total. The number of hydroxylamine groups is 1. The standard InChI is InChI=1S/C21H32N4O6/c1-13(26)18(20(30)25-31)24-19(29)14-7-9-15(10-8-14)23-16(27)6-5-11-22-17(28)12-21(2,3)4/h7-10,13,18,26,31H,5-6,11-12H2,1-4H3,(H,22,28)(H,23,27)(H,24,29)(H,25,30)/t13-,18+/m1/s1. The van der Waals surface area contributed by atoms with Gasteiger partial charge < -0.3 is 21.1 Å². The molecule has 0 heterocycles. The predicted octanol–water partition coefficient (Wildman–Crippen LogP) is 0.942. The Labute approximate surface area is 181 Å². The molecule has 0 spiro atoms. The Hall–Kier alpha value is -2.98. The zero-order chi connectivity index (χ0) is 23.6. The minimum atomic E-state index is -1.32. The summed E-state index contributed by atoms with van der Waals surface area (Å²) in [6.45, 7) is 7.65. The van der Waals surface area contributed by atoms with Gasteiger partial charge in [-0.2, -0.15) is 0 Å². The van der Waals surface area contributed by atoms with Crippen LogP contribution in [0.15, 0.2) is 24.3 Å². The van der Waals surface area contributed by atoms with Crippen molar-refractivity contribution in [1.29, 1.82) is 0 Å². The van der Waals surface area contributed by atoms with Crippen molar-refractivity contribution in [1.82, 2.24) is 16.1 Å². The summed E-state index contributed by atoms with van der Waals surface area (Å²) in [7, 11) is 0. The zero-order valence-corrected chi connectivity index (χ0v) is 18.3. The van der Waals surface area contributed by atoms with Crippen LogP contribution in [0.3, 0.4) is 0 Å². The minimum Gasteiger partial charge on any atom is -0.391 e. The van der Waals surface area contributed by atoms with Crippen LogP contribution in [0.1, 0.15) is 57.3 Å². The molecule has 1 rings (SSSR count). The van der Waals surface area contributed by atoms with Crippen molar-refractivity contribution >= 4 is 29.3 Å². The van der Waals surface area contributed by atoms with E-state index in [9.17, 15) is 24.3 Å². The fourth-order valence-corrected chi connectivity index (χ4v) is 2.65. The highest BCUT2D eigenvalue weighted by Crippen LogP contribution is 2.17. The van der Waals surface area contributed by atoms with Crippen molar-refractivity contribution in [3.05, 3.63) is 29.8 Å². The maximum absolute atomic E-state index is 12.2. The molecule has 0 fully saturated rings. The lowest BCUT2D eigenvalue weighted by atomic mass is 9.92. The summed E-state index contributed by atoms with van der Waals surface area (Å²) in [6.07, 6.45) is -0.0740. The molecule has 0 radical (unpaired) electrons. The molecule has 0 saturated carbocycles. The number of carbonyl (C=O) groups excluding carboxylic acids is 4. The Morgan fingerprint density at radius 1 is 1.03 bits per heavy atom. The predicted molar refractivity (Wildman–Crippen MR) is 114 cm³/mol. The highest BCUT2D eigenvalue weighted by atomic mass is 16.5. The Balaban J connectivity index is 2.47. The van der Waals surface area contributed by atoms with Crippen molar-refractivity contribution < 1.29 is 29.5 Å². The fourth-order valence-electron chi connectivity index (χ4n) is 2.65. The van der Waals surface area contributed by atoms with Crippen LogP contribution in [0.4, 0.5) is 5.69 Å². The van der Waals surface area contributed by atoms with Crippen LogP contribution in [0.25, 0.3) is 0 Å². The largest absolute Gasteiger partial charge is 0.391 e. The molecule has 0 bridgehead atoms. The van der Waals surface area contributed by atoms with E-state index in [2.05, 4.69) is 16.0 Å². The molecular formula is C21H32N4O6. The molecule has 0 unspecified atom stereocenters. The zero-order valence-electron chi connectivity index (χ0n) is 18.3. The Kier molecular flexibility index (Phi) is 10.1. The number of anilines is 1. The van der Waals surface area contributed by atoms with Crippen molar-refractivity contribution in [2.45, 2.75) is 59.1 Å². The minimum absolute atomic E-state index is 0.0453. The Morgan fingerprint density at radius 2 is 1.65 bits per heavy atom. The van der Waals surface area contributed by atoms with Gasteiger partial charge in [0.15, 0.2) is 0 Å². The number of amides is 4. The lowest BCUT2D eigenvalue weighted by Gasteiger charge is -2.19. The lowest BCUT2D eigenvalue weighted by molar-refractivity contribution is -0.133. The smallest absolute Gasteiger partial charge is 0.268 e. The first kappa shape index (κ1) is 26.1. The summed E-state index contributed by atoms with van der Waals surface area (Å²) in [5, 5.41) is 26.1. The fraction of sp³-hybridized carbons (Fsp3) is 0.524. The summed E-state index contributed by atoms with van der Waals surface area (Å²) in [5.41, 5.74) is 1.99. The SMILES string of the molecule is C[C@@H](O)[C@H](NC(=O)c1ccc(NC(=O)CCCNC(=O)CC(C)(C)C)cc1)C(=O)NO. The van der Waals surface area contributed by atoms with Crippen LogP contribution in [0.5, 0.6) is 0 Å². The van der Waals surface area contributed by atoms with Gasteiger partial charge in [-0.3, -0.25) is 24.4 Å². The topological polar surface area (TPSA) is 157 Å². The average molecular weight is 437 g/mol. The van der Waals surface area contributed by atoms with Crippen molar-refractivity contribution in [3.8, 4) is 0 Å². The van der Waals surface area contributed by atoms with Crippen LogP contribution >= 0.6 is 0 Å². The van der Waals surface area contributed by atoms with Crippen LogP contribution in [-0.2, 0) is 14.4 Å². The van der Waals surface area contributed by atoms with Gasteiger partial charge in [0.25, 0.3) is 11.8 Å². The number of hydrogen-bond acceptors (Lipinski definition) is 6. The number of rotatable bonds is 10. The van der Waals surface area contributed by atoms with E-state index in [4.69, 9.17) is 5.21 Å². The third-order valence-corrected chi connectivity index (χ3v) is 4.19. The van der Waals surface area contributed by atoms with Crippen molar-refractivity contribution in [3.63, 3.8) is 0 Å². The van der Waals surface area contributed by atoms with E-state index in [1.54, 1.807) is 0 Å². The molecule has 31 heavy (non-hydrogen) atoms. The van der Waals surface area contributed by atoms with E-state index in [1.165, 1.54) is 36.7 Å². The van der Waals surface area contributed by atoms with Crippen LogP contribution < -0.4 is 21.4 Å². The second kappa shape index (κ2) is 12.0. The summed E-state index contributed by atoms with van der Waals surface area (Å²) in [5.74, 6) is -1.84. The molecule has 0 aliphatic heterocycles. The highest BCUT2D eigenvalue weighted by Gasteiger charge is 2.25. The monoisotopic (exact) mass is 436 g/mol. The van der Waals surface area contributed by atoms with Gasteiger partial charge in [0.05, 0.1) is 6.10 Å². The van der Waals surface area contributed by atoms with E-state index in [0.717, 1.165) is 0 Å². The van der Waals surface area contributed by atoms with Gasteiger partial charge in [-0.15, -0.1) is 0 Å². The van der Waals surface area contributed by atoms with Gasteiger partial charge in [0.2, 0.25) is 11.8 Å². The third kappa shape index (κ3) is 10.1. The second-order valence-electron chi connectivity index (χ2n) is 8.48. The second-order valence-corrected chi connectivity index (χ2v) is 8.48. The number of carbonyl (C=O) groups is 4. The third-order valence-electron chi connectivity index (χ3n) is 4.19. The van der Waals surface area contributed by atoms with Crippen LogP contribution in [0.2, 0.25) is 0 Å². The highest BCUT2D eigenvalue weighted by molar-refractivity contribution is 5.98. The molecule has 1 aromatic carbocycles. The van der Waals surface area contributed by atoms with Gasteiger partial charge in [-0.25, -0.2) is 5.48 Å². The molecule has 10 heteroatoms. The summed E-state index contributed by atoms with van der Waals surface area (Å²) < 4.78 is 0. The van der Waals surface area contributed by atoms with E-state index in [1.807, 2.05) is 20.8 Å². The molecule has 4 amide bonds. The number of aliphatic hydroxyl groups is 1. The maximum Gasteiger partial charge on any atom is 0.268 e. The first-order valence-corrected chi connectivity index (χ1v) is 10.0. The first-order chi connectivity index (χ1) is 14.4. The number of nitrogens with one attached hydrogen (secondary N) is 4. The Bertz CT molecular complexity index is 771. The quantitative estimate of drug-likeness (QED) is 0.182. The number of benzene rings is 1. The number of aliphatic hydroxyl groups excluding tert-OH is 1. The van der Waals surface area contributed by atoms with Gasteiger partial charge in [-0.1, -0.05) is 20.8 Å². The van der Waals surface area contributed by atoms with Crippen LogP contribution in [0, 0.1) is 5.41 Å². The van der Waals surface area contributed by atoms with E-state index in [-0.39, 0.29) is 29.2 Å². The summed E-state index contributed by atoms with van der Waals surface area (Å²) >= 11 is 0. The van der Waals surface area contributed by atoms with Gasteiger partial charge in [-0.05, 0) is 43.0 Å². The number of hydrogen-bond donors (Lipinski definition) is 6. The summed E-state index contributed by atoms with van der Waals surface area (Å²) in [6, 6.07) is 4.64. The van der Waals surface area contributed by atoms with E-state index < -0.39 is 24.0 Å². The molecule has 0 aromatic heterocycles. The molecule has 172 valence electrons. The van der Waals surface area contributed by atoms with Gasteiger partial charge in [0.1, 0.15) is 6.04 Å². The van der Waals surface area contributed by atoms with Crippen molar-refractivity contribution in [2.75, 3.05) is 11.9 Å². The molecule has 10 nitrogen and oxygen atoms in total. The summed E-state index contributed by atoms with van der Waals surface area (Å²) in [4.78, 5) is 47.5.